The summed E-state index contributed by atoms with van der Waals surface area (Å²) in [7, 11) is 0. The van der Waals surface area contributed by atoms with Crippen LogP contribution in [0.3, 0.4) is 0 Å². The van der Waals surface area contributed by atoms with E-state index in [0.717, 1.165) is 36.5 Å². The maximum absolute atomic E-state index is 13.3. The number of thiophene rings is 1. The molecule has 0 atom stereocenters. The molecule has 5 rings (SSSR count). The third-order valence-corrected chi connectivity index (χ3v) is 7.40. The second-order valence-electron chi connectivity index (χ2n) is 8.16. The number of nitrogens with zero attached hydrogens (tertiary/aromatic N) is 3. The Morgan fingerprint density at radius 1 is 1.24 bits per heavy atom. The highest BCUT2D eigenvalue weighted by molar-refractivity contribution is 7.16. The minimum Gasteiger partial charge on any atom is -0.360 e. The van der Waals surface area contributed by atoms with Crippen molar-refractivity contribution in [3.8, 4) is 17.3 Å². The van der Waals surface area contributed by atoms with E-state index in [1.807, 2.05) is 30.3 Å². The van der Waals surface area contributed by atoms with Gasteiger partial charge in [0.05, 0.1) is 10.6 Å². The molecule has 0 bridgehead atoms. The van der Waals surface area contributed by atoms with Gasteiger partial charge in [-0.05, 0) is 30.5 Å². The number of nitrogens with one attached hydrogen (secondary N) is 1. The van der Waals surface area contributed by atoms with Crippen LogP contribution >= 0.6 is 22.9 Å². The van der Waals surface area contributed by atoms with Gasteiger partial charge in [-0.1, -0.05) is 65.3 Å². The number of nitriles is 1. The summed E-state index contributed by atoms with van der Waals surface area (Å²) in [6.45, 7) is 4.15. The number of hydrogen-bond donors (Lipinski definition) is 1. The Kier molecular flexibility index (Phi) is 6.20. The van der Waals surface area contributed by atoms with Gasteiger partial charge in [-0.2, -0.15) is 5.26 Å². The van der Waals surface area contributed by atoms with E-state index in [9.17, 15) is 10.1 Å². The van der Waals surface area contributed by atoms with Crippen LogP contribution in [0.15, 0.2) is 59.1 Å². The number of hydrogen-bond acceptors (Lipinski definition) is 6. The van der Waals surface area contributed by atoms with Crippen LogP contribution in [-0.4, -0.2) is 22.5 Å². The van der Waals surface area contributed by atoms with Crippen molar-refractivity contribution in [1.82, 2.24) is 10.1 Å². The van der Waals surface area contributed by atoms with Gasteiger partial charge in [0, 0.05) is 30.1 Å². The van der Waals surface area contributed by atoms with Gasteiger partial charge in [-0.15, -0.1) is 11.3 Å². The number of rotatable bonds is 5. The minimum absolute atomic E-state index is 0.314. The second-order valence-corrected chi connectivity index (χ2v) is 9.67. The van der Waals surface area contributed by atoms with Crippen molar-refractivity contribution >= 4 is 33.8 Å². The van der Waals surface area contributed by atoms with E-state index in [0.29, 0.717) is 38.2 Å². The first-order chi connectivity index (χ1) is 16.5. The Bertz CT molecular complexity index is 1400. The van der Waals surface area contributed by atoms with Gasteiger partial charge in [0.15, 0.2) is 0 Å². The van der Waals surface area contributed by atoms with E-state index in [1.165, 1.54) is 16.9 Å². The van der Waals surface area contributed by atoms with Crippen LogP contribution in [0.2, 0.25) is 5.02 Å². The van der Waals surface area contributed by atoms with Crippen molar-refractivity contribution in [1.29, 1.82) is 5.26 Å². The van der Waals surface area contributed by atoms with E-state index < -0.39 is 0 Å². The van der Waals surface area contributed by atoms with E-state index in [1.54, 1.807) is 19.1 Å². The molecule has 0 saturated heterocycles. The van der Waals surface area contributed by atoms with Crippen molar-refractivity contribution in [3.05, 3.63) is 92.5 Å². The first-order valence-electron chi connectivity index (χ1n) is 10.9. The van der Waals surface area contributed by atoms with E-state index in [-0.39, 0.29) is 5.91 Å². The molecular weight excluding hydrogens is 468 g/mol. The number of anilines is 1. The molecule has 8 heteroatoms. The largest absolute Gasteiger partial charge is 0.360 e. The van der Waals surface area contributed by atoms with Crippen LogP contribution < -0.4 is 5.32 Å². The quantitative estimate of drug-likeness (QED) is 0.370. The van der Waals surface area contributed by atoms with Crippen LogP contribution in [0, 0.1) is 18.3 Å². The highest BCUT2D eigenvalue weighted by Crippen LogP contribution is 2.38. The summed E-state index contributed by atoms with van der Waals surface area (Å²) in [6.07, 6.45) is 0.772. The second kappa shape index (κ2) is 9.43. The lowest BCUT2D eigenvalue weighted by molar-refractivity contribution is 0.102. The van der Waals surface area contributed by atoms with Crippen molar-refractivity contribution in [2.24, 2.45) is 0 Å². The Balaban J connectivity index is 1.41. The van der Waals surface area contributed by atoms with E-state index in [4.69, 9.17) is 16.1 Å². The van der Waals surface area contributed by atoms with Gasteiger partial charge >= 0.3 is 0 Å². The van der Waals surface area contributed by atoms with Crippen molar-refractivity contribution in [2.75, 3.05) is 11.9 Å². The van der Waals surface area contributed by atoms with Crippen LogP contribution in [0.4, 0.5) is 5.00 Å². The number of carbonyl (C=O) groups is 1. The molecule has 0 saturated carbocycles. The number of amides is 1. The summed E-state index contributed by atoms with van der Waals surface area (Å²) >= 11 is 7.80. The molecule has 2 aromatic carbocycles. The smallest absolute Gasteiger partial charge is 0.262 e. The molecule has 0 spiro atoms. The van der Waals surface area contributed by atoms with Gasteiger partial charge in [0.2, 0.25) is 0 Å². The minimum atomic E-state index is -0.370. The summed E-state index contributed by atoms with van der Waals surface area (Å²) in [5, 5.41) is 17.9. The molecule has 3 heterocycles. The molecule has 0 fully saturated rings. The number of halogens is 1. The van der Waals surface area contributed by atoms with Gasteiger partial charge in [-0.3, -0.25) is 9.69 Å². The molecule has 1 aliphatic heterocycles. The van der Waals surface area contributed by atoms with Gasteiger partial charge < -0.3 is 9.84 Å². The van der Waals surface area contributed by atoms with Crippen LogP contribution in [-0.2, 0) is 19.5 Å². The van der Waals surface area contributed by atoms with Crippen LogP contribution in [0.1, 0.15) is 37.7 Å². The Morgan fingerprint density at radius 3 is 2.76 bits per heavy atom. The molecule has 6 nitrogen and oxygen atoms in total. The lowest BCUT2D eigenvalue weighted by Gasteiger charge is -2.26. The average Bonchev–Trinajstić information content (AvgIpc) is 3.39. The normalized spacial score (nSPS) is 13.3. The maximum Gasteiger partial charge on any atom is 0.262 e. The zero-order chi connectivity index (χ0) is 23.7. The summed E-state index contributed by atoms with van der Waals surface area (Å²) in [5.74, 6) is 0.0196. The molecule has 4 aromatic rings. The van der Waals surface area contributed by atoms with Crippen molar-refractivity contribution in [2.45, 2.75) is 26.4 Å². The highest BCUT2D eigenvalue weighted by atomic mass is 35.5. The molecule has 0 radical (unpaired) electrons. The summed E-state index contributed by atoms with van der Waals surface area (Å²) in [4.78, 5) is 16.8. The van der Waals surface area contributed by atoms with Gasteiger partial charge in [-0.25, -0.2) is 0 Å². The number of aryl methyl sites for hydroxylation is 1. The molecule has 2 aromatic heterocycles. The number of carbonyl (C=O) groups excluding carboxylic acids is 1. The molecule has 170 valence electrons. The van der Waals surface area contributed by atoms with Crippen LogP contribution in [0.25, 0.3) is 11.3 Å². The predicted molar refractivity (Wildman–Crippen MR) is 133 cm³/mol. The monoisotopic (exact) mass is 488 g/mol. The zero-order valence-electron chi connectivity index (χ0n) is 18.5. The summed E-state index contributed by atoms with van der Waals surface area (Å²) < 4.78 is 5.33. The fourth-order valence-electron chi connectivity index (χ4n) is 4.28. The third-order valence-electron chi connectivity index (χ3n) is 5.94. The lowest BCUT2D eigenvalue weighted by atomic mass is 10.0. The molecule has 34 heavy (non-hydrogen) atoms. The standard InChI is InChI=1S/C26H21ClN4O2S/c1-16-23(24(30-33-16)19-9-5-6-10-21(19)27)25(32)29-26-20(13-28)18-11-12-31(15-22(18)34-26)14-17-7-3-2-4-8-17/h2-10H,11-12,14-15H2,1H3,(H,29,32). The van der Waals surface area contributed by atoms with Crippen molar-refractivity contribution in [3.63, 3.8) is 0 Å². The lowest BCUT2D eigenvalue weighted by Crippen LogP contribution is -2.29. The molecule has 0 aliphatic carbocycles. The van der Waals surface area contributed by atoms with Crippen molar-refractivity contribution < 1.29 is 9.32 Å². The molecule has 0 unspecified atom stereocenters. The summed E-state index contributed by atoms with van der Waals surface area (Å²) in [6, 6.07) is 19.8. The predicted octanol–water partition coefficient (Wildman–Crippen LogP) is 6.05. The SMILES string of the molecule is Cc1onc(-c2ccccc2Cl)c1C(=O)Nc1sc2c(c1C#N)CCN(Cc1ccccc1)C2. The zero-order valence-corrected chi connectivity index (χ0v) is 20.0. The topological polar surface area (TPSA) is 82.2 Å². The number of benzene rings is 2. The molecule has 1 aliphatic rings. The molecular formula is C26H21ClN4O2S. The number of fused-ring (bicyclic) bond motifs is 1. The fourth-order valence-corrected chi connectivity index (χ4v) is 5.74. The van der Waals surface area contributed by atoms with Crippen LogP contribution in [0.5, 0.6) is 0 Å². The third kappa shape index (κ3) is 4.24. The van der Waals surface area contributed by atoms with Gasteiger partial charge in [0.25, 0.3) is 5.91 Å². The number of aromatic nitrogens is 1. The van der Waals surface area contributed by atoms with E-state index >= 15 is 0 Å². The van der Waals surface area contributed by atoms with E-state index in [2.05, 4.69) is 33.6 Å². The first kappa shape index (κ1) is 22.4. The highest BCUT2D eigenvalue weighted by Gasteiger charge is 2.28. The average molecular weight is 489 g/mol. The maximum atomic E-state index is 13.3. The first-order valence-corrected chi connectivity index (χ1v) is 12.1. The summed E-state index contributed by atoms with van der Waals surface area (Å²) in [5.41, 5.74) is 4.14. The molecule has 1 amide bonds. The van der Waals surface area contributed by atoms with Gasteiger partial charge in [0.1, 0.15) is 28.1 Å². The Labute approximate surface area is 206 Å². The Hall–Kier alpha value is -3.44. The molecule has 1 N–H and O–H groups in total. The Morgan fingerprint density at radius 2 is 2.00 bits per heavy atom. The fraction of sp³-hybridized carbons (Fsp3) is 0.192.